The van der Waals surface area contributed by atoms with E-state index in [2.05, 4.69) is 141 Å². The van der Waals surface area contributed by atoms with E-state index in [1.807, 2.05) is 21.1 Å². The van der Waals surface area contributed by atoms with Crippen LogP contribution in [-0.2, 0) is 18.4 Å². The second-order valence-electron chi connectivity index (χ2n) is 23.8. The number of aliphatic hydroxyl groups is 1. The van der Waals surface area contributed by atoms with Crippen molar-refractivity contribution in [3.05, 3.63) is 122 Å². The molecule has 0 spiro atoms. The van der Waals surface area contributed by atoms with Crippen LogP contribution < -0.4 is 10.2 Å². The number of likely N-dealkylation sites (N-methyl/N-ethyl adjacent to an activating group) is 1. The normalized spacial score (nSPS) is 14.5. The second-order valence-corrected chi connectivity index (χ2v) is 25.2. The SMILES string of the molecule is CC/C=C\C/C=C\C/C=C\C/C=C\C/C=C\C/C=C\C/C=C\C/C=C\C/C=C\C/C=C\CCCCCCCCC(=O)NC(COP(=O)([O-])OCC[N+](C)(C)C)C(O)CCCCCCCCCCCCCCCCCCCCCCCCC. The third-order valence-electron chi connectivity index (χ3n) is 14.7. The topological polar surface area (TPSA) is 108 Å². The molecule has 0 radical (unpaired) electrons. The van der Waals surface area contributed by atoms with Gasteiger partial charge in [0.2, 0.25) is 5.91 Å². The lowest BCUT2D eigenvalue weighted by Crippen LogP contribution is -2.46. The number of quaternary nitrogens is 1. The monoisotopic (exact) mass is 1160 g/mol. The molecule has 0 fully saturated rings. The first-order chi connectivity index (χ1) is 40.0. The van der Waals surface area contributed by atoms with Crippen molar-refractivity contribution in [2.45, 2.75) is 296 Å². The number of nitrogens with zero attached hydrogens (tertiary/aromatic N) is 1. The van der Waals surface area contributed by atoms with Crippen molar-refractivity contribution in [1.82, 2.24) is 5.32 Å². The summed E-state index contributed by atoms with van der Waals surface area (Å²) in [5.41, 5.74) is 0. The number of carbonyl (C=O) groups excluding carboxylic acids is 1. The zero-order valence-corrected chi connectivity index (χ0v) is 54.8. The van der Waals surface area contributed by atoms with E-state index in [1.54, 1.807) is 0 Å². The lowest BCUT2D eigenvalue weighted by Gasteiger charge is -2.30. The van der Waals surface area contributed by atoms with Gasteiger partial charge in [-0.05, 0) is 89.9 Å². The standard InChI is InChI=1S/C73H129N2O6P/c1-6-8-10-12-14-16-18-20-22-24-26-28-30-31-32-33-34-35-36-37-38-39-40-41-42-43-45-47-49-51-53-55-57-59-61-63-65-67-73(77)74-71(70-81-82(78,79)80-69-68-75(3,4)5)72(76)66-64-62-60-58-56-54-52-50-48-46-44-29-27-25-23-21-19-17-15-13-11-9-7-2/h8,10,14,16,20,22,26,28,31-32,34-35,37-38,40-41,43,45,49,51,71-72,76H,6-7,9,11-13,15,17-19,21,23-25,27,29-30,33,36,39,42,44,46-48,50,52-70H2,1-5H3,(H-,74,77,78,79)/b10-8-,16-14-,22-20-,28-26-,32-31-,35-34-,38-37-,41-40-,45-43-,51-49-. The Labute approximate surface area is 507 Å². The highest BCUT2D eigenvalue weighted by Gasteiger charge is 2.24. The molecule has 0 aromatic heterocycles. The molecular weight excluding hydrogens is 1030 g/mol. The van der Waals surface area contributed by atoms with E-state index in [0.717, 1.165) is 116 Å². The Morgan fingerprint density at radius 2 is 0.744 bits per heavy atom. The predicted octanol–water partition coefficient (Wildman–Crippen LogP) is 21.0. The Morgan fingerprint density at radius 3 is 1.09 bits per heavy atom. The summed E-state index contributed by atoms with van der Waals surface area (Å²) in [5, 5.41) is 14.1. The van der Waals surface area contributed by atoms with Gasteiger partial charge >= 0.3 is 0 Å². The number of aliphatic hydroxyl groups excluding tert-OH is 1. The number of unbranched alkanes of at least 4 members (excludes halogenated alkanes) is 28. The van der Waals surface area contributed by atoms with E-state index in [1.165, 1.54) is 141 Å². The van der Waals surface area contributed by atoms with E-state index >= 15 is 0 Å². The number of phosphoric acid groups is 1. The van der Waals surface area contributed by atoms with Crippen molar-refractivity contribution >= 4 is 13.7 Å². The number of phosphoric ester groups is 1. The van der Waals surface area contributed by atoms with Crippen molar-refractivity contribution in [2.24, 2.45) is 0 Å². The van der Waals surface area contributed by atoms with Crippen LogP contribution in [0.1, 0.15) is 284 Å². The van der Waals surface area contributed by atoms with Gasteiger partial charge in [0.05, 0.1) is 39.9 Å². The first-order valence-corrected chi connectivity index (χ1v) is 35.3. The number of allylic oxidation sites excluding steroid dienone is 20. The van der Waals surface area contributed by atoms with Crippen LogP contribution in [0.5, 0.6) is 0 Å². The van der Waals surface area contributed by atoms with Crippen LogP contribution in [0.3, 0.4) is 0 Å². The lowest BCUT2D eigenvalue weighted by atomic mass is 10.0. The molecule has 0 aliphatic rings. The van der Waals surface area contributed by atoms with Gasteiger partial charge in [0.1, 0.15) is 13.2 Å². The van der Waals surface area contributed by atoms with E-state index in [4.69, 9.17) is 9.05 Å². The van der Waals surface area contributed by atoms with Crippen LogP contribution in [0.25, 0.3) is 0 Å². The largest absolute Gasteiger partial charge is 0.756 e. The average Bonchev–Trinajstić information content (AvgIpc) is 3.47. The van der Waals surface area contributed by atoms with Crippen molar-refractivity contribution in [2.75, 3.05) is 40.9 Å². The minimum absolute atomic E-state index is 0.00345. The van der Waals surface area contributed by atoms with Crippen LogP contribution in [-0.4, -0.2) is 68.5 Å². The van der Waals surface area contributed by atoms with Gasteiger partial charge in [-0.2, -0.15) is 0 Å². The van der Waals surface area contributed by atoms with Gasteiger partial charge in [0.15, 0.2) is 0 Å². The molecule has 0 aliphatic carbocycles. The van der Waals surface area contributed by atoms with Crippen LogP contribution in [0, 0.1) is 0 Å². The summed E-state index contributed by atoms with van der Waals surface area (Å²) in [5.74, 6) is -0.181. The van der Waals surface area contributed by atoms with Gasteiger partial charge in [-0.15, -0.1) is 0 Å². The molecule has 1 amide bonds. The van der Waals surface area contributed by atoms with Crippen molar-refractivity contribution in [3.63, 3.8) is 0 Å². The fourth-order valence-electron chi connectivity index (χ4n) is 9.48. The molecule has 0 rings (SSSR count). The van der Waals surface area contributed by atoms with E-state index in [9.17, 15) is 19.4 Å². The number of amides is 1. The molecule has 82 heavy (non-hydrogen) atoms. The lowest BCUT2D eigenvalue weighted by molar-refractivity contribution is -0.870. The molecule has 9 heteroatoms. The maximum Gasteiger partial charge on any atom is 0.268 e. The quantitative estimate of drug-likeness (QED) is 0.0272. The van der Waals surface area contributed by atoms with Gasteiger partial charge < -0.3 is 28.8 Å². The third kappa shape index (κ3) is 64.5. The summed E-state index contributed by atoms with van der Waals surface area (Å²) in [6, 6.07) is -0.819. The molecule has 0 bridgehead atoms. The summed E-state index contributed by atoms with van der Waals surface area (Å²) in [6.45, 7) is 4.61. The van der Waals surface area contributed by atoms with Gasteiger partial charge in [-0.25, -0.2) is 0 Å². The third-order valence-corrected chi connectivity index (χ3v) is 15.7. The highest BCUT2D eigenvalue weighted by molar-refractivity contribution is 7.45. The molecule has 0 saturated carbocycles. The summed E-state index contributed by atoms with van der Waals surface area (Å²) in [7, 11) is 1.28. The zero-order valence-electron chi connectivity index (χ0n) is 53.9. The molecular formula is C73H129N2O6P. The Hall–Kier alpha value is -3.10. The molecule has 3 atom stereocenters. The summed E-state index contributed by atoms with van der Waals surface area (Å²) in [4.78, 5) is 25.6. The summed E-state index contributed by atoms with van der Waals surface area (Å²) in [6.07, 6.45) is 92.5. The number of carbonyl (C=O) groups is 1. The number of nitrogens with one attached hydrogen (secondary N) is 1. The Balaban J connectivity index is 4.16. The van der Waals surface area contributed by atoms with Gasteiger partial charge in [-0.1, -0.05) is 309 Å². The maximum atomic E-state index is 13.0. The fraction of sp³-hybridized carbons (Fsp3) is 0.712. The molecule has 2 N–H and O–H groups in total. The van der Waals surface area contributed by atoms with E-state index in [0.29, 0.717) is 23.9 Å². The minimum atomic E-state index is -4.59. The zero-order chi connectivity index (χ0) is 59.8. The Kier molecular flexibility index (Phi) is 60.1. The molecule has 3 unspecified atom stereocenters. The molecule has 0 aromatic rings. The summed E-state index contributed by atoms with van der Waals surface area (Å²) >= 11 is 0. The fourth-order valence-corrected chi connectivity index (χ4v) is 10.2. The maximum absolute atomic E-state index is 13.0. The van der Waals surface area contributed by atoms with Crippen molar-refractivity contribution in [1.29, 1.82) is 0 Å². The van der Waals surface area contributed by atoms with Crippen molar-refractivity contribution in [3.8, 4) is 0 Å². The van der Waals surface area contributed by atoms with Crippen LogP contribution in [0.2, 0.25) is 0 Å². The average molecular weight is 1160 g/mol. The highest BCUT2D eigenvalue weighted by Crippen LogP contribution is 2.38. The first kappa shape index (κ1) is 78.9. The molecule has 0 heterocycles. The Morgan fingerprint density at radius 1 is 0.439 bits per heavy atom. The van der Waals surface area contributed by atoms with E-state index in [-0.39, 0.29) is 19.1 Å². The number of rotatable bonds is 61. The van der Waals surface area contributed by atoms with Crippen LogP contribution in [0.4, 0.5) is 0 Å². The smallest absolute Gasteiger partial charge is 0.268 e. The molecule has 8 nitrogen and oxygen atoms in total. The second kappa shape index (κ2) is 62.4. The Bertz CT molecular complexity index is 1750. The number of hydrogen-bond acceptors (Lipinski definition) is 6. The molecule has 0 saturated heterocycles. The highest BCUT2D eigenvalue weighted by atomic mass is 31.2. The minimum Gasteiger partial charge on any atom is -0.756 e. The number of hydrogen-bond donors (Lipinski definition) is 2. The van der Waals surface area contributed by atoms with Crippen LogP contribution in [0.15, 0.2) is 122 Å². The van der Waals surface area contributed by atoms with E-state index < -0.39 is 20.0 Å². The molecule has 0 aliphatic heterocycles. The van der Waals surface area contributed by atoms with Gasteiger partial charge in [0, 0.05) is 6.42 Å². The van der Waals surface area contributed by atoms with Gasteiger partial charge in [-0.3, -0.25) is 9.36 Å². The predicted molar refractivity (Wildman–Crippen MR) is 357 cm³/mol. The summed E-state index contributed by atoms with van der Waals surface area (Å²) < 4.78 is 23.5. The van der Waals surface area contributed by atoms with Crippen molar-refractivity contribution < 1.29 is 32.9 Å². The van der Waals surface area contributed by atoms with Gasteiger partial charge in [0.25, 0.3) is 7.82 Å². The first-order valence-electron chi connectivity index (χ1n) is 33.9. The van der Waals surface area contributed by atoms with Crippen LogP contribution >= 0.6 is 7.82 Å². The molecule has 472 valence electrons. The molecule has 0 aromatic carbocycles.